The quantitative estimate of drug-likeness (QED) is 0.578. The zero-order valence-corrected chi connectivity index (χ0v) is 13.2. The predicted octanol–water partition coefficient (Wildman–Crippen LogP) is 1.32. The molecule has 0 amide bonds. The topological polar surface area (TPSA) is 81.9 Å². The second-order valence-electron chi connectivity index (χ2n) is 5.25. The Bertz CT molecular complexity index is 585. The maximum absolute atomic E-state index is 12.4. The van der Waals surface area contributed by atoms with Gasteiger partial charge in [0.05, 0.1) is 24.3 Å². The molecule has 1 aromatic carbocycles. The Morgan fingerprint density at radius 1 is 1.38 bits per heavy atom. The molecule has 2 N–H and O–H groups in total. The molecule has 21 heavy (non-hydrogen) atoms. The first-order valence-corrected chi connectivity index (χ1v) is 8.36. The van der Waals surface area contributed by atoms with Crippen molar-refractivity contribution in [3.05, 3.63) is 18.2 Å². The van der Waals surface area contributed by atoms with Gasteiger partial charge < -0.3 is 15.2 Å². The van der Waals surface area contributed by atoms with Gasteiger partial charge in [-0.3, -0.25) is 0 Å². The molecule has 0 spiro atoms. The average molecular weight is 314 g/mol. The van der Waals surface area contributed by atoms with Crippen molar-refractivity contribution in [2.45, 2.75) is 17.7 Å². The Labute approximate surface area is 125 Å². The van der Waals surface area contributed by atoms with E-state index in [4.69, 9.17) is 15.2 Å². The number of nitrogens with two attached hydrogens (primary N) is 1. The highest BCUT2D eigenvalue weighted by molar-refractivity contribution is 7.89. The van der Waals surface area contributed by atoms with Crippen LogP contribution in [-0.2, 0) is 14.8 Å². The van der Waals surface area contributed by atoms with Gasteiger partial charge in [-0.25, -0.2) is 8.42 Å². The van der Waals surface area contributed by atoms with Gasteiger partial charge in [0.25, 0.3) is 0 Å². The largest absolute Gasteiger partial charge is 0.495 e. The second-order valence-corrected chi connectivity index (χ2v) is 7.29. The normalized spacial score (nSPS) is 15.4. The van der Waals surface area contributed by atoms with Crippen molar-refractivity contribution in [2.75, 3.05) is 39.6 Å². The van der Waals surface area contributed by atoms with Gasteiger partial charge in [0.15, 0.2) is 0 Å². The Morgan fingerprint density at radius 2 is 2.10 bits per heavy atom. The van der Waals surface area contributed by atoms with Gasteiger partial charge in [-0.1, -0.05) is 0 Å². The predicted molar refractivity (Wildman–Crippen MR) is 80.8 cm³/mol. The summed E-state index contributed by atoms with van der Waals surface area (Å²) in [5, 5.41) is 0. The fourth-order valence-corrected chi connectivity index (χ4v) is 3.09. The first-order valence-electron chi connectivity index (χ1n) is 6.92. The lowest BCUT2D eigenvalue weighted by Gasteiger charge is -2.18. The molecule has 1 aliphatic carbocycles. The lowest BCUT2D eigenvalue weighted by Crippen LogP contribution is -2.30. The first-order chi connectivity index (χ1) is 9.95. The number of benzene rings is 1. The van der Waals surface area contributed by atoms with Crippen LogP contribution >= 0.6 is 0 Å². The second kappa shape index (κ2) is 6.64. The minimum atomic E-state index is -3.55. The van der Waals surface area contributed by atoms with Gasteiger partial charge >= 0.3 is 0 Å². The number of hydrogen-bond acceptors (Lipinski definition) is 5. The lowest BCUT2D eigenvalue weighted by atomic mass is 10.3. The van der Waals surface area contributed by atoms with Gasteiger partial charge in [0.2, 0.25) is 10.0 Å². The lowest BCUT2D eigenvalue weighted by molar-refractivity contribution is 0.117. The number of nitrogen functional groups attached to an aromatic ring is 1. The molecule has 2 rings (SSSR count). The number of likely N-dealkylation sites (N-methyl/N-ethyl adjacent to an activating group) is 1. The molecular formula is C14H22N2O4S. The fraction of sp³-hybridized carbons (Fsp3) is 0.571. The summed E-state index contributed by atoms with van der Waals surface area (Å²) in [6, 6.07) is 4.46. The van der Waals surface area contributed by atoms with Gasteiger partial charge in [-0.05, 0) is 37.0 Å². The summed E-state index contributed by atoms with van der Waals surface area (Å²) in [7, 11) is -0.527. The molecule has 0 unspecified atom stereocenters. The van der Waals surface area contributed by atoms with Crippen molar-refractivity contribution in [2.24, 2.45) is 5.92 Å². The van der Waals surface area contributed by atoms with E-state index in [0.29, 0.717) is 30.5 Å². The number of nitrogens with zero attached hydrogens (tertiary/aromatic N) is 1. The Hall–Kier alpha value is -1.31. The van der Waals surface area contributed by atoms with Crippen molar-refractivity contribution in [1.29, 1.82) is 0 Å². The van der Waals surface area contributed by atoms with Crippen LogP contribution in [-0.4, -0.2) is 46.6 Å². The van der Waals surface area contributed by atoms with Crippen molar-refractivity contribution in [3.8, 4) is 5.75 Å². The molecule has 0 saturated heterocycles. The van der Waals surface area contributed by atoms with E-state index in [-0.39, 0.29) is 4.90 Å². The van der Waals surface area contributed by atoms with E-state index >= 15 is 0 Å². The van der Waals surface area contributed by atoms with E-state index in [2.05, 4.69) is 0 Å². The van der Waals surface area contributed by atoms with Crippen LogP contribution in [0.5, 0.6) is 5.75 Å². The summed E-state index contributed by atoms with van der Waals surface area (Å²) in [5.41, 5.74) is 6.06. The number of anilines is 1. The third-order valence-corrected chi connectivity index (χ3v) is 5.36. The first kappa shape index (κ1) is 16.1. The summed E-state index contributed by atoms with van der Waals surface area (Å²) in [6.07, 6.45) is 2.44. The molecule has 7 heteroatoms. The molecule has 118 valence electrons. The van der Waals surface area contributed by atoms with Gasteiger partial charge in [-0.15, -0.1) is 0 Å². The van der Waals surface area contributed by atoms with Crippen LogP contribution in [0.4, 0.5) is 5.69 Å². The highest BCUT2D eigenvalue weighted by Gasteiger charge is 2.23. The minimum absolute atomic E-state index is 0.158. The average Bonchev–Trinajstić information content (AvgIpc) is 3.27. The smallest absolute Gasteiger partial charge is 0.242 e. The Balaban J connectivity index is 1.96. The van der Waals surface area contributed by atoms with Crippen LogP contribution in [0.1, 0.15) is 12.8 Å². The summed E-state index contributed by atoms with van der Waals surface area (Å²) in [6.45, 7) is 1.45. The molecule has 1 aromatic rings. The number of methoxy groups -OCH3 is 1. The molecule has 1 saturated carbocycles. The molecule has 0 bridgehead atoms. The van der Waals surface area contributed by atoms with Gasteiger partial charge in [0, 0.05) is 20.2 Å². The van der Waals surface area contributed by atoms with Crippen LogP contribution in [0.3, 0.4) is 0 Å². The van der Waals surface area contributed by atoms with Crippen molar-refractivity contribution < 1.29 is 17.9 Å². The third-order valence-electron chi connectivity index (χ3n) is 3.51. The molecule has 1 fully saturated rings. The van der Waals surface area contributed by atoms with Gasteiger partial charge in [-0.2, -0.15) is 4.31 Å². The summed E-state index contributed by atoms with van der Waals surface area (Å²) in [4.78, 5) is 0.158. The van der Waals surface area contributed by atoms with Crippen LogP contribution in [0.15, 0.2) is 23.1 Å². The molecule has 6 nitrogen and oxygen atoms in total. The molecule has 0 radical (unpaired) electrons. The van der Waals surface area contributed by atoms with E-state index in [9.17, 15) is 8.42 Å². The maximum atomic E-state index is 12.4. The van der Waals surface area contributed by atoms with Crippen molar-refractivity contribution in [3.63, 3.8) is 0 Å². The Morgan fingerprint density at radius 3 is 2.67 bits per heavy atom. The highest BCUT2D eigenvalue weighted by atomic mass is 32.2. The monoisotopic (exact) mass is 314 g/mol. The third kappa shape index (κ3) is 4.09. The molecule has 0 heterocycles. The SMILES string of the molecule is COc1ccc(S(=O)(=O)N(C)CCOCC2CC2)cc1N. The number of hydrogen-bond donors (Lipinski definition) is 1. The standard InChI is InChI=1S/C14H22N2O4S/c1-16(7-8-20-10-11-3-4-11)21(17,18)12-5-6-14(19-2)13(15)9-12/h5-6,9,11H,3-4,7-8,10,15H2,1-2H3. The van der Waals surface area contributed by atoms with Crippen LogP contribution in [0.2, 0.25) is 0 Å². The zero-order chi connectivity index (χ0) is 15.5. The summed E-state index contributed by atoms with van der Waals surface area (Å²) in [5.74, 6) is 1.14. The number of ether oxygens (including phenoxy) is 2. The van der Waals surface area contributed by atoms with Crippen molar-refractivity contribution in [1.82, 2.24) is 4.31 Å². The molecule has 0 aromatic heterocycles. The molecule has 1 aliphatic rings. The highest BCUT2D eigenvalue weighted by Crippen LogP contribution is 2.29. The zero-order valence-electron chi connectivity index (χ0n) is 12.4. The van der Waals surface area contributed by atoms with Crippen LogP contribution in [0.25, 0.3) is 0 Å². The summed E-state index contributed by atoms with van der Waals surface area (Å²) < 4.78 is 36.6. The molecule has 0 aliphatic heterocycles. The Kier molecular flexibility index (Phi) is 5.08. The maximum Gasteiger partial charge on any atom is 0.242 e. The van der Waals surface area contributed by atoms with Crippen LogP contribution < -0.4 is 10.5 Å². The minimum Gasteiger partial charge on any atom is -0.495 e. The van der Waals surface area contributed by atoms with Crippen LogP contribution in [0, 0.1) is 5.92 Å². The van der Waals surface area contributed by atoms with Gasteiger partial charge in [0.1, 0.15) is 5.75 Å². The van der Waals surface area contributed by atoms with E-state index in [1.54, 1.807) is 6.07 Å². The molecule has 0 atom stereocenters. The summed E-state index contributed by atoms with van der Waals surface area (Å²) >= 11 is 0. The van der Waals surface area contributed by atoms with E-state index < -0.39 is 10.0 Å². The van der Waals surface area contributed by atoms with E-state index in [1.807, 2.05) is 0 Å². The number of rotatable bonds is 8. The van der Waals surface area contributed by atoms with E-state index in [0.717, 1.165) is 6.61 Å². The number of sulfonamides is 1. The molecular weight excluding hydrogens is 292 g/mol. The van der Waals surface area contributed by atoms with Crippen molar-refractivity contribution >= 4 is 15.7 Å². The van der Waals surface area contributed by atoms with E-state index in [1.165, 1.54) is 43.4 Å². The fourth-order valence-electron chi connectivity index (χ4n) is 1.90.